The maximum Gasteiger partial charge on any atom is 0.308 e. The number of esters is 1. The monoisotopic (exact) mass is 409 g/mol. The standard InChI is InChI=1S/C21H19N3O4S/c1-12(25)23-18-11-15(6-8-19(18)28-13(2)26)21(27)24-17-10-14(5-7-16(17)22)20-4-3-9-29-20/h3-11H,22H2,1-2H3,(H,23,25)(H,24,27). The van der Waals surface area contributed by atoms with Crippen molar-refractivity contribution >= 4 is 46.2 Å². The lowest BCUT2D eigenvalue weighted by Gasteiger charge is -2.13. The number of hydrogen-bond donors (Lipinski definition) is 3. The molecule has 29 heavy (non-hydrogen) atoms. The number of benzene rings is 2. The molecule has 0 unspecified atom stereocenters. The van der Waals surface area contributed by atoms with Crippen molar-refractivity contribution in [2.75, 3.05) is 16.4 Å². The fourth-order valence-corrected chi connectivity index (χ4v) is 3.38. The first-order chi connectivity index (χ1) is 13.8. The van der Waals surface area contributed by atoms with Crippen molar-refractivity contribution in [2.45, 2.75) is 13.8 Å². The highest BCUT2D eigenvalue weighted by Gasteiger charge is 2.15. The first-order valence-corrected chi connectivity index (χ1v) is 9.56. The first kappa shape index (κ1) is 20.1. The molecule has 7 nitrogen and oxygen atoms in total. The number of carbonyl (C=O) groups excluding carboxylic acids is 3. The van der Waals surface area contributed by atoms with Gasteiger partial charge in [-0.15, -0.1) is 11.3 Å². The number of hydrogen-bond acceptors (Lipinski definition) is 6. The zero-order valence-electron chi connectivity index (χ0n) is 15.8. The molecule has 0 spiro atoms. The minimum atomic E-state index is -0.535. The Hall–Kier alpha value is -3.65. The Morgan fingerprint density at radius 3 is 2.41 bits per heavy atom. The Labute approximate surface area is 171 Å². The van der Waals surface area contributed by atoms with E-state index < -0.39 is 11.9 Å². The third-order valence-electron chi connectivity index (χ3n) is 3.91. The van der Waals surface area contributed by atoms with Gasteiger partial charge in [-0.2, -0.15) is 0 Å². The number of ether oxygens (including phenoxy) is 1. The van der Waals surface area contributed by atoms with Crippen molar-refractivity contribution < 1.29 is 19.1 Å². The Morgan fingerprint density at radius 2 is 1.76 bits per heavy atom. The summed E-state index contributed by atoms with van der Waals surface area (Å²) < 4.78 is 5.07. The predicted molar refractivity (Wildman–Crippen MR) is 114 cm³/mol. The number of thiophene rings is 1. The lowest BCUT2D eigenvalue weighted by atomic mass is 10.1. The van der Waals surface area contributed by atoms with Crippen LogP contribution in [0.15, 0.2) is 53.9 Å². The molecule has 3 rings (SSSR count). The van der Waals surface area contributed by atoms with Gasteiger partial charge in [0.15, 0.2) is 5.75 Å². The van der Waals surface area contributed by atoms with Gasteiger partial charge in [0.1, 0.15) is 0 Å². The second kappa shape index (κ2) is 8.57. The third kappa shape index (κ3) is 4.99. The Balaban J connectivity index is 1.88. The van der Waals surface area contributed by atoms with Gasteiger partial charge in [-0.1, -0.05) is 12.1 Å². The molecule has 2 aromatic carbocycles. The number of nitrogens with two attached hydrogens (primary N) is 1. The topological polar surface area (TPSA) is 111 Å². The van der Waals surface area contributed by atoms with Crippen LogP contribution in [-0.2, 0) is 9.59 Å². The summed E-state index contributed by atoms with van der Waals surface area (Å²) in [5.41, 5.74) is 8.35. The molecule has 0 fully saturated rings. The molecular formula is C21H19N3O4S. The molecule has 1 aromatic heterocycles. The van der Waals surface area contributed by atoms with Crippen LogP contribution in [0.5, 0.6) is 5.75 Å². The van der Waals surface area contributed by atoms with E-state index in [4.69, 9.17) is 10.5 Å². The van der Waals surface area contributed by atoms with E-state index in [2.05, 4.69) is 10.6 Å². The number of carbonyl (C=O) groups is 3. The number of amides is 2. The van der Waals surface area contributed by atoms with E-state index in [0.717, 1.165) is 10.4 Å². The molecule has 8 heteroatoms. The summed E-state index contributed by atoms with van der Waals surface area (Å²) in [5.74, 6) is -1.15. The molecule has 3 aromatic rings. The van der Waals surface area contributed by atoms with Crippen LogP contribution in [0.2, 0.25) is 0 Å². The lowest BCUT2D eigenvalue weighted by Crippen LogP contribution is -2.15. The summed E-state index contributed by atoms with van der Waals surface area (Å²) in [7, 11) is 0. The molecule has 0 saturated carbocycles. The van der Waals surface area contributed by atoms with Gasteiger partial charge >= 0.3 is 5.97 Å². The molecule has 0 atom stereocenters. The van der Waals surface area contributed by atoms with Gasteiger partial charge in [-0.05, 0) is 47.3 Å². The molecule has 4 N–H and O–H groups in total. The molecule has 0 aliphatic heterocycles. The smallest absolute Gasteiger partial charge is 0.308 e. The quantitative estimate of drug-likeness (QED) is 0.333. The van der Waals surface area contributed by atoms with Crippen LogP contribution in [-0.4, -0.2) is 17.8 Å². The number of rotatable bonds is 5. The van der Waals surface area contributed by atoms with E-state index in [1.54, 1.807) is 23.5 Å². The van der Waals surface area contributed by atoms with Crippen LogP contribution in [0.25, 0.3) is 10.4 Å². The molecule has 0 saturated heterocycles. The van der Waals surface area contributed by atoms with Gasteiger partial charge in [0.2, 0.25) is 5.91 Å². The number of anilines is 3. The highest BCUT2D eigenvalue weighted by molar-refractivity contribution is 7.13. The van der Waals surface area contributed by atoms with Crippen molar-refractivity contribution in [3.8, 4) is 16.2 Å². The molecule has 2 amide bonds. The van der Waals surface area contributed by atoms with Crippen LogP contribution in [0.1, 0.15) is 24.2 Å². The van der Waals surface area contributed by atoms with E-state index in [-0.39, 0.29) is 22.9 Å². The summed E-state index contributed by atoms with van der Waals surface area (Å²) in [4.78, 5) is 36.5. The second-order valence-electron chi connectivity index (χ2n) is 6.22. The Kier molecular flexibility index (Phi) is 5.94. The van der Waals surface area contributed by atoms with Crippen molar-refractivity contribution in [1.29, 1.82) is 0 Å². The van der Waals surface area contributed by atoms with Gasteiger partial charge in [0.05, 0.1) is 17.1 Å². The third-order valence-corrected chi connectivity index (χ3v) is 4.83. The molecule has 0 aliphatic rings. The molecule has 148 valence electrons. The van der Waals surface area contributed by atoms with Crippen molar-refractivity contribution in [3.63, 3.8) is 0 Å². The van der Waals surface area contributed by atoms with E-state index >= 15 is 0 Å². The van der Waals surface area contributed by atoms with Gasteiger partial charge < -0.3 is 21.1 Å². The van der Waals surface area contributed by atoms with E-state index in [1.807, 2.05) is 23.6 Å². The zero-order chi connectivity index (χ0) is 21.0. The summed E-state index contributed by atoms with van der Waals surface area (Å²) in [6.07, 6.45) is 0. The van der Waals surface area contributed by atoms with Gasteiger partial charge in [0.25, 0.3) is 5.91 Å². The maximum atomic E-state index is 12.8. The maximum absolute atomic E-state index is 12.8. The fraction of sp³-hybridized carbons (Fsp3) is 0.0952. The summed E-state index contributed by atoms with van der Waals surface area (Å²) in [6, 6.07) is 13.7. The van der Waals surface area contributed by atoms with Crippen molar-refractivity contribution in [3.05, 3.63) is 59.5 Å². The van der Waals surface area contributed by atoms with Crippen LogP contribution in [0.4, 0.5) is 17.1 Å². The van der Waals surface area contributed by atoms with Gasteiger partial charge in [-0.25, -0.2) is 0 Å². The first-order valence-electron chi connectivity index (χ1n) is 8.68. The minimum absolute atomic E-state index is 0.156. The van der Waals surface area contributed by atoms with E-state index in [9.17, 15) is 14.4 Å². The minimum Gasteiger partial charge on any atom is -0.424 e. The largest absolute Gasteiger partial charge is 0.424 e. The lowest BCUT2D eigenvalue weighted by molar-refractivity contribution is -0.131. The number of nitrogen functional groups attached to an aromatic ring is 1. The van der Waals surface area contributed by atoms with Crippen molar-refractivity contribution in [1.82, 2.24) is 0 Å². The predicted octanol–water partition coefficient (Wildman–Crippen LogP) is 4.13. The average Bonchev–Trinajstić information content (AvgIpc) is 3.18. The SMILES string of the molecule is CC(=O)Nc1cc(C(=O)Nc2cc(-c3cccs3)ccc2N)ccc1OC(C)=O. The van der Waals surface area contributed by atoms with Crippen molar-refractivity contribution in [2.24, 2.45) is 0 Å². The number of nitrogens with one attached hydrogen (secondary N) is 2. The molecule has 1 heterocycles. The molecule has 0 bridgehead atoms. The Morgan fingerprint density at radius 1 is 0.966 bits per heavy atom. The normalized spacial score (nSPS) is 10.3. The Bertz CT molecular complexity index is 1080. The summed E-state index contributed by atoms with van der Waals surface area (Å²) in [6.45, 7) is 2.57. The average molecular weight is 409 g/mol. The van der Waals surface area contributed by atoms with Crippen LogP contribution < -0.4 is 21.1 Å². The van der Waals surface area contributed by atoms with Crippen LogP contribution >= 0.6 is 11.3 Å². The molecule has 0 radical (unpaired) electrons. The zero-order valence-corrected chi connectivity index (χ0v) is 16.6. The van der Waals surface area contributed by atoms with Gasteiger partial charge in [-0.3, -0.25) is 14.4 Å². The molecular weight excluding hydrogens is 390 g/mol. The molecule has 0 aliphatic carbocycles. The fourth-order valence-electron chi connectivity index (χ4n) is 2.66. The summed E-state index contributed by atoms with van der Waals surface area (Å²) >= 11 is 1.58. The highest BCUT2D eigenvalue weighted by Crippen LogP contribution is 2.31. The van der Waals surface area contributed by atoms with E-state index in [1.165, 1.54) is 32.0 Å². The van der Waals surface area contributed by atoms with Crippen LogP contribution in [0, 0.1) is 0 Å². The van der Waals surface area contributed by atoms with Gasteiger partial charge in [0, 0.05) is 24.3 Å². The second-order valence-corrected chi connectivity index (χ2v) is 7.17. The van der Waals surface area contributed by atoms with E-state index in [0.29, 0.717) is 11.4 Å². The summed E-state index contributed by atoms with van der Waals surface area (Å²) in [5, 5.41) is 7.32. The van der Waals surface area contributed by atoms with Crippen LogP contribution in [0.3, 0.4) is 0 Å². The highest BCUT2D eigenvalue weighted by atomic mass is 32.1.